The van der Waals surface area contributed by atoms with Crippen molar-refractivity contribution in [1.82, 2.24) is 0 Å². The smallest absolute Gasteiger partial charge is 0.349 e. The molecule has 3 heterocycles. The summed E-state index contributed by atoms with van der Waals surface area (Å²) in [7, 11) is -3.47. The molecule has 3 rings (SSSR count). The van der Waals surface area contributed by atoms with Crippen molar-refractivity contribution in [2.75, 3.05) is 6.61 Å². The molecule has 64 valence electrons. The van der Waals surface area contributed by atoms with E-state index < -0.39 is 18.9 Å². The molecule has 2 N–H and O–H groups in total. The van der Waals surface area contributed by atoms with Crippen LogP contribution in [0.1, 0.15) is 0 Å². The molecule has 0 radical (unpaired) electrons. The van der Waals surface area contributed by atoms with E-state index in [1.54, 1.807) is 0 Å². The zero-order valence-corrected chi connectivity index (χ0v) is 6.71. The van der Waals surface area contributed by atoms with E-state index in [-0.39, 0.29) is 6.61 Å². The van der Waals surface area contributed by atoms with Crippen molar-refractivity contribution in [1.29, 1.82) is 0 Å². The topological polar surface area (TPSA) is 85.2 Å². The summed E-state index contributed by atoms with van der Waals surface area (Å²) in [5, 5.41) is 14.9. The lowest BCUT2D eigenvalue weighted by Gasteiger charge is -2.38. The van der Waals surface area contributed by atoms with Crippen LogP contribution in [-0.4, -0.2) is 27.9 Å². The number of hydrogen-bond donors (Lipinski definition) is 2. The number of rotatable bonds is 1. The lowest BCUT2D eigenvalue weighted by molar-refractivity contribution is -0.311. The van der Waals surface area contributed by atoms with Gasteiger partial charge in [-0.3, -0.25) is 4.52 Å². The lowest BCUT2D eigenvalue weighted by atomic mass is 10.3. The first kappa shape index (κ1) is 7.94. The minimum atomic E-state index is -3.47. The van der Waals surface area contributed by atoms with E-state index in [1.165, 1.54) is 0 Å². The average molecular weight is 202 g/mol. The second kappa shape index (κ2) is 1.80. The van der Waals surface area contributed by atoms with Gasteiger partial charge in [-0.2, -0.15) is 0 Å². The molecular weight excluding hydrogens is 198 g/mol. The van der Waals surface area contributed by atoms with Gasteiger partial charge in [-0.1, -0.05) is 11.6 Å². The maximum absolute atomic E-state index is 10.8. The number of phosphoric acid groups is 1. The molecule has 0 aliphatic carbocycles. The van der Waals surface area contributed by atoms with E-state index in [4.69, 9.17) is 21.8 Å². The van der Waals surface area contributed by atoms with E-state index in [9.17, 15) is 4.57 Å². The number of alkyl halides is 1. The second-order valence-electron chi connectivity index (χ2n) is 2.24. The predicted octanol–water partition coefficient (Wildman–Crippen LogP) is -0.255. The van der Waals surface area contributed by atoms with Crippen LogP contribution < -0.4 is 0 Å². The molecule has 0 spiro atoms. The van der Waals surface area contributed by atoms with Gasteiger partial charge < -0.3 is 10.2 Å². The molecule has 0 aromatic heterocycles. The quantitative estimate of drug-likeness (QED) is 0.346. The normalized spacial score (nSPS) is 49.0. The fraction of sp³-hybridized carbons (Fsp3) is 1.00. The van der Waals surface area contributed by atoms with Gasteiger partial charge in [0.15, 0.2) is 0 Å². The number of fused-ring (bicyclic) bond motifs is 1. The Labute approximate surface area is 66.2 Å². The average Bonchev–Trinajstić information content (AvgIpc) is 2.16. The van der Waals surface area contributed by atoms with Crippen LogP contribution in [0.4, 0.5) is 0 Å². The van der Waals surface area contributed by atoms with Crippen LogP contribution in [0.3, 0.4) is 0 Å². The standard InChI is InChI=1S/C3H4ClO6P/c4-3(5,6)2-1-8-11(7,9-2)10-2/h5-6H,1H2. The van der Waals surface area contributed by atoms with E-state index >= 15 is 0 Å². The first-order valence-electron chi connectivity index (χ1n) is 2.67. The highest BCUT2D eigenvalue weighted by molar-refractivity contribution is 7.50. The van der Waals surface area contributed by atoms with Crippen molar-refractivity contribution in [3.63, 3.8) is 0 Å². The molecule has 0 saturated carbocycles. The largest absolute Gasteiger partial charge is 0.480 e. The summed E-state index contributed by atoms with van der Waals surface area (Å²) in [5.41, 5.74) is 0. The number of hydrogen-bond acceptors (Lipinski definition) is 6. The van der Waals surface area contributed by atoms with Gasteiger partial charge in [-0.05, 0) is 0 Å². The summed E-state index contributed by atoms with van der Waals surface area (Å²) >= 11 is 5.04. The second-order valence-corrected chi connectivity index (χ2v) is 4.29. The van der Waals surface area contributed by atoms with Crippen molar-refractivity contribution in [2.45, 2.75) is 11.0 Å². The van der Waals surface area contributed by atoms with Crippen LogP contribution in [0, 0.1) is 0 Å². The predicted molar refractivity (Wildman–Crippen MR) is 31.5 cm³/mol. The fourth-order valence-electron chi connectivity index (χ4n) is 0.845. The maximum Gasteiger partial charge on any atom is 0.480 e. The Bertz CT molecular complexity index is 235. The van der Waals surface area contributed by atoms with Crippen LogP contribution in [-0.2, 0) is 18.1 Å². The molecule has 3 saturated heterocycles. The Morgan fingerprint density at radius 1 is 1.55 bits per heavy atom. The number of aliphatic hydroxyl groups is 2. The zero-order valence-electron chi connectivity index (χ0n) is 5.06. The molecule has 8 heteroatoms. The highest BCUT2D eigenvalue weighted by Crippen LogP contribution is 2.74. The van der Waals surface area contributed by atoms with E-state index in [1.807, 2.05) is 0 Å². The summed E-state index contributed by atoms with van der Waals surface area (Å²) in [4.78, 5) is 0. The Morgan fingerprint density at radius 2 is 2.09 bits per heavy atom. The Balaban J connectivity index is 2.26. The maximum atomic E-state index is 10.8. The highest BCUT2D eigenvalue weighted by atomic mass is 35.5. The van der Waals surface area contributed by atoms with Gasteiger partial charge in [0.05, 0.1) is 0 Å². The van der Waals surface area contributed by atoms with E-state index in [2.05, 4.69) is 13.6 Å². The van der Waals surface area contributed by atoms with Crippen molar-refractivity contribution in [2.24, 2.45) is 0 Å². The van der Waals surface area contributed by atoms with Gasteiger partial charge >= 0.3 is 13.1 Å². The van der Waals surface area contributed by atoms with Gasteiger partial charge in [-0.15, -0.1) is 0 Å². The molecule has 0 atom stereocenters. The van der Waals surface area contributed by atoms with E-state index in [0.29, 0.717) is 0 Å². The van der Waals surface area contributed by atoms with Crippen molar-refractivity contribution in [3.05, 3.63) is 0 Å². The third-order valence-electron chi connectivity index (χ3n) is 1.42. The zero-order chi connectivity index (χ0) is 8.33. The highest BCUT2D eigenvalue weighted by Gasteiger charge is 2.74. The molecule has 0 unspecified atom stereocenters. The van der Waals surface area contributed by atoms with Crippen LogP contribution in [0.15, 0.2) is 0 Å². The minimum Gasteiger partial charge on any atom is -0.349 e. The van der Waals surface area contributed by atoms with Gasteiger partial charge in [-0.25, -0.2) is 13.6 Å². The summed E-state index contributed by atoms with van der Waals surface area (Å²) in [6, 6.07) is 0. The third kappa shape index (κ3) is 0.891. The lowest BCUT2D eigenvalue weighted by Crippen LogP contribution is -2.56. The first-order valence-corrected chi connectivity index (χ1v) is 4.51. The van der Waals surface area contributed by atoms with Gasteiger partial charge in [0.25, 0.3) is 5.79 Å². The SMILES string of the molecule is O=P12OCC(C(O)(O)Cl)(O1)O2. The van der Waals surface area contributed by atoms with Crippen molar-refractivity contribution < 1.29 is 28.3 Å². The Hall–Kier alpha value is 0.320. The molecule has 3 aliphatic heterocycles. The molecule has 0 aromatic rings. The van der Waals surface area contributed by atoms with Gasteiger partial charge in [0.1, 0.15) is 6.61 Å². The third-order valence-corrected chi connectivity index (χ3v) is 3.19. The summed E-state index contributed by atoms with van der Waals surface area (Å²) in [6.45, 7) is -0.346. The van der Waals surface area contributed by atoms with Gasteiger partial charge in [0, 0.05) is 0 Å². The molecular formula is C3H4ClO6P. The molecule has 0 amide bonds. The van der Waals surface area contributed by atoms with Crippen LogP contribution >= 0.6 is 19.4 Å². The molecule has 6 nitrogen and oxygen atoms in total. The van der Waals surface area contributed by atoms with Crippen LogP contribution in [0.5, 0.6) is 0 Å². The van der Waals surface area contributed by atoms with Crippen molar-refractivity contribution in [3.8, 4) is 0 Å². The first-order chi connectivity index (χ1) is 4.87. The van der Waals surface area contributed by atoms with Crippen LogP contribution in [0.2, 0.25) is 0 Å². The molecule has 0 aromatic carbocycles. The van der Waals surface area contributed by atoms with Gasteiger partial charge in [0.2, 0.25) is 0 Å². The van der Waals surface area contributed by atoms with Crippen LogP contribution in [0.25, 0.3) is 0 Å². The summed E-state index contributed by atoms with van der Waals surface area (Å²) in [6.07, 6.45) is 0. The van der Waals surface area contributed by atoms with Crippen molar-refractivity contribution >= 4 is 19.4 Å². The number of phosphoric ester groups is 1. The fourth-order valence-corrected chi connectivity index (χ4v) is 2.61. The molecule has 3 fully saturated rings. The molecule has 2 bridgehead atoms. The monoisotopic (exact) mass is 202 g/mol. The molecule has 11 heavy (non-hydrogen) atoms. The van der Waals surface area contributed by atoms with E-state index in [0.717, 1.165) is 0 Å². The number of halogens is 1. The Kier molecular flexibility index (Phi) is 1.30. The minimum absolute atomic E-state index is 0.346. The Morgan fingerprint density at radius 3 is 2.27 bits per heavy atom. The molecule has 3 aliphatic rings. The summed E-state index contributed by atoms with van der Waals surface area (Å²) < 4.78 is 24.2. The summed E-state index contributed by atoms with van der Waals surface area (Å²) in [5.74, 6) is -1.87.